The number of para-hydroxylation sites is 1. The summed E-state index contributed by atoms with van der Waals surface area (Å²) in [4.78, 5) is 20.1. The highest BCUT2D eigenvalue weighted by molar-refractivity contribution is 7.14. The van der Waals surface area contributed by atoms with Gasteiger partial charge < -0.3 is 10.3 Å². The highest BCUT2D eigenvalue weighted by atomic mass is 32.1. The van der Waals surface area contributed by atoms with Crippen molar-refractivity contribution in [1.82, 2.24) is 9.97 Å². The zero-order chi connectivity index (χ0) is 18.1. The number of hydrogen-bond donors (Lipinski definition) is 2. The van der Waals surface area contributed by atoms with E-state index in [9.17, 15) is 9.18 Å². The molecule has 0 aliphatic carbocycles. The highest BCUT2D eigenvalue weighted by Crippen LogP contribution is 2.33. The largest absolute Gasteiger partial charge is 0.358 e. The third-order valence-corrected chi connectivity index (χ3v) is 4.97. The van der Waals surface area contributed by atoms with Crippen LogP contribution in [0.4, 0.5) is 9.52 Å². The van der Waals surface area contributed by atoms with Crippen LogP contribution in [0.15, 0.2) is 53.9 Å². The summed E-state index contributed by atoms with van der Waals surface area (Å²) < 4.78 is 13.7. The standard InChI is InChI=1S/C20H16FN3OS/c1-12-19(14-7-3-5-9-16(14)22-12)17-11-26-20(23-17)24-18(25)10-13-6-2-4-8-15(13)21/h2-9,11,22H,10H2,1H3,(H,23,24,25). The van der Waals surface area contributed by atoms with Crippen molar-refractivity contribution in [2.24, 2.45) is 0 Å². The molecule has 2 aromatic carbocycles. The van der Waals surface area contributed by atoms with Gasteiger partial charge in [0.2, 0.25) is 5.91 Å². The fraction of sp³-hybridized carbons (Fsp3) is 0.100. The Bertz CT molecular complexity index is 1100. The molecule has 4 nitrogen and oxygen atoms in total. The van der Waals surface area contributed by atoms with E-state index in [1.807, 2.05) is 36.6 Å². The van der Waals surface area contributed by atoms with E-state index in [4.69, 9.17) is 0 Å². The van der Waals surface area contributed by atoms with E-state index >= 15 is 0 Å². The normalized spacial score (nSPS) is 11.0. The molecule has 2 heterocycles. The number of carbonyl (C=O) groups is 1. The molecule has 6 heteroatoms. The summed E-state index contributed by atoms with van der Waals surface area (Å²) in [7, 11) is 0. The number of aromatic nitrogens is 2. The van der Waals surface area contributed by atoms with Gasteiger partial charge in [0.1, 0.15) is 5.82 Å². The number of rotatable bonds is 4. The smallest absolute Gasteiger partial charge is 0.230 e. The van der Waals surface area contributed by atoms with Crippen molar-refractivity contribution in [1.29, 1.82) is 0 Å². The molecule has 0 fully saturated rings. The molecule has 0 atom stereocenters. The van der Waals surface area contributed by atoms with Crippen LogP contribution in [0.3, 0.4) is 0 Å². The van der Waals surface area contributed by atoms with Crippen molar-refractivity contribution < 1.29 is 9.18 Å². The van der Waals surface area contributed by atoms with Gasteiger partial charge in [0.25, 0.3) is 0 Å². The van der Waals surface area contributed by atoms with E-state index in [1.54, 1.807) is 18.2 Å². The molecule has 2 N–H and O–H groups in total. The van der Waals surface area contributed by atoms with E-state index in [2.05, 4.69) is 15.3 Å². The van der Waals surface area contributed by atoms with Gasteiger partial charge in [-0.05, 0) is 24.6 Å². The molecule has 1 amide bonds. The minimum absolute atomic E-state index is 0.0201. The number of aromatic amines is 1. The van der Waals surface area contributed by atoms with Crippen LogP contribution in [0.1, 0.15) is 11.3 Å². The van der Waals surface area contributed by atoms with Gasteiger partial charge in [-0.1, -0.05) is 36.4 Å². The number of hydrogen-bond acceptors (Lipinski definition) is 3. The number of nitrogens with zero attached hydrogens (tertiary/aromatic N) is 1. The molecule has 0 radical (unpaired) electrons. The summed E-state index contributed by atoms with van der Waals surface area (Å²) in [5, 5.41) is 6.28. The van der Waals surface area contributed by atoms with Gasteiger partial charge in [0, 0.05) is 27.5 Å². The van der Waals surface area contributed by atoms with E-state index in [1.165, 1.54) is 17.4 Å². The first kappa shape index (κ1) is 16.5. The lowest BCUT2D eigenvalue weighted by Crippen LogP contribution is -2.15. The maximum atomic E-state index is 13.7. The van der Waals surface area contributed by atoms with Gasteiger partial charge >= 0.3 is 0 Å². The van der Waals surface area contributed by atoms with Crippen molar-refractivity contribution in [3.05, 3.63) is 71.0 Å². The predicted molar refractivity (Wildman–Crippen MR) is 103 cm³/mol. The lowest BCUT2D eigenvalue weighted by atomic mass is 10.1. The molecule has 130 valence electrons. The van der Waals surface area contributed by atoms with E-state index in [-0.39, 0.29) is 18.1 Å². The molecule has 0 unspecified atom stereocenters. The Labute approximate surface area is 153 Å². The van der Waals surface area contributed by atoms with Gasteiger partial charge in [-0.25, -0.2) is 9.37 Å². The zero-order valence-corrected chi connectivity index (χ0v) is 14.9. The van der Waals surface area contributed by atoms with E-state index in [0.717, 1.165) is 27.9 Å². The first-order chi connectivity index (χ1) is 12.6. The monoisotopic (exact) mass is 365 g/mol. The average Bonchev–Trinajstić information content (AvgIpc) is 3.19. The number of anilines is 1. The first-order valence-corrected chi connectivity index (χ1v) is 9.06. The predicted octanol–water partition coefficient (Wildman–Crippen LogP) is 4.92. The second kappa shape index (κ2) is 6.72. The summed E-state index contributed by atoms with van der Waals surface area (Å²) in [6.07, 6.45) is -0.0201. The lowest BCUT2D eigenvalue weighted by Gasteiger charge is -2.03. The molecule has 4 aromatic rings. The third-order valence-electron chi connectivity index (χ3n) is 4.21. The van der Waals surface area contributed by atoms with Crippen LogP contribution in [0.2, 0.25) is 0 Å². The van der Waals surface area contributed by atoms with Gasteiger partial charge in [-0.2, -0.15) is 0 Å². The summed E-state index contributed by atoms with van der Waals surface area (Å²) in [5.74, 6) is -0.663. The molecule has 2 aromatic heterocycles. The lowest BCUT2D eigenvalue weighted by molar-refractivity contribution is -0.115. The van der Waals surface area contributed by atoms with Crippen LogP contribution >= 0.6 is 11.3 Å². The van der Waals surface area contributed by atoms with Crippen molar-refractivity contribution >= 4 is 33.3 Å². The molecule has 0 saturated heterocycles. The van der Waals surface area contributed by atoms with Gasteiger partial charge in [0.05, 0.1) is 12.1 Å². The molecule has 0 aliphatic heterocycles. The van der Waals surface area contributed by atoms with Crippen LogP contribution < -0.4 is 5.32 Å². The van der Waals surface area contributed by atoms with Gasteiger partial charge in [0.15, 0.2) is 5.13 Å². The second-order valence-corrected chi connectivity index (χ2v) is 6.88. The van der Waals surface area contributed by atoms with Crippen molar-refractivity contribution in [3.8, 4) is 11.3 Å². The number of thiazole rings is 1. The molecule has 0 spiro atoms. The molecular formula is C20H16FN3OS. The van der Waals surface area contributed by atoms with Crippen LogP contribution in [-0.2, 0) is 11.2 Å². The third kappa shape index (κ3) is 3.11. The Morgan fingerprint density at radius 1 is 1.19 bits per heavy atom. The SMILES string of the molecule is Cc1[nH]c2ccccc2c1-c1csc(NC(=O)Cc2ccccc2F)n1. The Morgan fingerprint density at radius 3 is 2.81 bits per heavy atom. The van der Waals surface area contributed by atoms with Crippen molar-refractivity contribution in [2.75, 3.05) is 5.32 Å². The number of halogens is 1. The number of fused-ring (bicyclic) bond motifs is 1. The Balaban J connectivity index is 1.55. The molecule has 0 bridgehead atoms. The van der Waals surface area contributed by atoms with E-state index < -0.39 is 0 Å². The zero-order valence-electron chi connectivity index (χ0n) is 14.0. The maximum absolute atomic E-state index is 13.7. The van der Waals surface area contributed by atoms with Gasteiger partial charge in [-0.15, -0.1) is 11.3 Å². The highest BCUT2D eigenvalue weighted by Gasteiger charge is 2.15. The first-order valence-electron chi connectivity index (χ1n) is 8.18. The average molecular weight is 365 g/mol. The topological polar surface area (TPSA) is 57.8 Å². The molecule has 4 rings (SSSR count). The Morgan fingerprint density at radius 2 is 1.96 bits per heavy atom. The Hall–Kier alpha value is -2.99. The fourth-order valence-electron chi connectivity index (χ4n) is 3.03. The summed E-state index contributed by atoms with van der Waals surface area (Å²) in [6, 6.07) is 14.3. The quantitative estimate of drug-likeness (QED) is 0.539. The van der Waals surface area contributed by atoms with E-state index in [0.29, 0.717) is 10.7 Å². The van der Waals surface area contributed by atoms with Gasteiger partial charge in [-0.3, -0.25) is 4.79 Å². The number of nitrogens with one attached hydrogen (secondary N) is 2. The minimum Gasteiger partial charge on any atom is -0.358 e. The van der Waals surface area contributed by atoms with Crippen molar-refractivity contribution in [2.45, 2.75) is 13.3 Å². The summed E-state index contributed by atoms with van der Waals surface area (Å²) >= 11 is 1.36. The number of carbonyl (C=O) groups excluding carboxylic acids is 1. The summed E-state index contributed by atoms with van der Waals surface area (Å²) in [6.45, 7) is 2.01. The Kier molecular flexibility index (Phi) is 4.26. The van der Waals surface area contributed by atoms with Crippen LogP contribution in [0.25, 0.3) is 22.2 Å². The number of H-pyrrole nitrogens is 1. The van der Waals surface area contributed by atoms with Crippen LogP contribution in [0, 0.1) is 12.7 Å². The fourth-order valence-corrected chi connectivity index (χ4v) is 3.75. The summed E-state index contributed by atoms with van der Waals surface area (Å²) in [5.41, 5.74) is 4.30. The molecule has 0 saturated carbocycles. The number of aryl methyl sites for hydroxylation is 1. The number of amides is 1. The second-order valence-electron chi connectivity index (χ2n) is 6.02. The van der Waals surface area contributed by atoms with Crippen molar-refractivity contribution in [3.63, 3.8) is 0 Å². The minimum atomic E-state index is -0.378. The number of benzene rings is 2. The molecular weight excluding hydrogens is 349 g/mol. The van der Waals surface area contributed by atoms with Crippen LogP contribution in [-0.4, -0.2) is 15.9 Å². The maximum Gasteiger partial charge on any atom is 0.230 e. The van der Waals surface area contributed by atoms with Crippen LogP contribution in [0.5, 0.6) is 0 Å². The molecule has 26 heavy (non-hydrogen) atoms. The molecule has 0 aliphatic rings.